The molecule has 0 amide bonds. The van der Waals surface area contributed by atoms with Crippen LogP contribution < -0.4 is 0 Å². The minimum Gasteiger partial charge on any atom is -0.508 e. The third-order valence-electron chi connectivity index (χ3n) is 5.23. The van der Waals surface area contributed by atoms with Crippen LogP contribution in [0.1, 0.15) is 50.7 Å². The highest BCUT2D eigenvalue weighted by Gasteiger charge is 2.41. The minimum atomic E-state index is 0.205. The van der Waals surface area contributed by atoms with Crippen molar-refractivity contribution in [1.82, 2.24) is 0 Å². The van der Waals surface area contributed by atoms with Crippen LogP contribution in [-0.2, 0) is 10.8 Å². The Morgan fingerprint density at radius 2 is 1.38 bits per heavy atom. The predicted octanol–water partition coefficient (Wildman–Crippen LogP) is 6.41. The van der Waals surface area contributed by atoms with Gasteiger partial charge in [0.1, 0.15) is 11.5 Å². The molecule has 128 valence electrons. The summed E-state index contributed by atoms with van der Waals surface area (Å²) in [7, 11) is 0. The molecule has 2 saturated carbocycles. The normalized spacial score (nSPS) is 19.2. The summed E-state index contributed by atoms with van der Waals surface area (Å²) in [6, 6.07) is 11.5. The van der Waals surface area contributed by atoms with Gasteiger partial charge in [-0.25, -0.2) is 0 Å². The van der Waals surface area contributed by atoms with Gasteiger partial charge in [0, 0.05) is 10.0 Å². The van der Waals surface area contributed by atoms with Gasteiger partial charge in [-0.1, -0.05) is 48.0 Å². The zero-order valence-electron chi connectivity index (χ0n) is 13.9. The predicted molar refractivity (Wildman–Crippen MR) is 105 cm³/mol. The first-order valence-electron chi connectivity index (χ1n) is 8.22. The molecule has 0 saturated heterocycles. The number of halogens is 2. The molecule has 0 bridgehead atoms. The molecule has 2 nitrogen and oxygen atoms in total. The monoisotopic (exact) mass is 452 g/mol. The maximum Gasteiger partial charge on any atom is 0.133 e. The number of hydrogen-bond acceptors (Lipinski definition) is 2. The molecule has 0 atom stereocenters. The van der Waals surface area contributed by atoms with E-state index in [9.17, 15) is 10.2 Å². The molecule has 2 aromatic rings. The lowest BCUT2D eigenvalue weighted by atomic mass is 9.97. The quantitative estimate of drug-likeness (QED) is 0.551. The lowest BCUT2D eigenvalue weighted by Gasteiger charge is -2.12. The van der Waals surface area contributed by atoms with Gasteiger partial charge in [0.05, 0.1) is 4.47 Å². The molecule has 0 aliphatic heterocycles. The van der Waals surface area contributed by atoms with E-state index in [2.05, 4.69) is 45.7 Å². The van der Waals surface area contributed by atoms with Crippen molar-refractivity contribution in [2.75, 3.05) is 0 Å². The van der Waals surface area contributed by atoms with Crippen LogP contribution in [-0.4, -0.2) is 10.2 Å². The van der Waals surface area contributed by atoms with Crippen LogP contribution >= 0.6 is 31.9 Å². The molecule has 2 N–H and O–H groups in total. The first-order valence-corrected chi connectivity index (χ1v) is 9.81. The van der Waals surface area contributed by atoms with Crippen LogP contribution in [0.25, 0.3) is 0 Å². The van der Waals surface area contributed by atoms with Crippen molar-refractivity contribution in [2.24, 2.45) is 0 Å². The van der Waals surface area contributed by atoms with Gasteiger partial charge in [0.15, 0.2) is 0 Å². The molecule has 0 spiro atoms. The van der Waals surface area contributed by atoms with Crippen molar-refractivity contribution >= 4 is 31.9 Å². The fourth-order valence-corrected chi connectivity index (χ4v) is 4.15. The Morgan fingerprint density at radius 3 is 1.92 bits per heavy atom. The molecule has 4 heteroatoms. The second-order valence-corrected chi connectivity index (χ2v) is 9.19. The maximum atomic E-state index is 9.83. The lowest BCUT2D eigenvalue weighted by molar-refractivity contribution is 0.458. The SMILES string of the molecule is CC1(c2cc(Br)cc(Br)c2O)CC1.CC1(c2ccccc2O)CC1. The molecule has 2 aliphatic carbocycles. The zero-order valence-corrected chi connectivity index (χ0v) is 17.1. The zero-order chi connectivity index (χ0) is 17.5. The van der Waals surface area contributed by atoms with Crippen LogP contribution in [0.5, 0.6) is 11.5 Å². The molecule has 2 aliphatic rings. The van der Waals surface area contributed by atoms with E-state index < -0.39 is 0 Å². The molecule has 24 heavy (non-hydrogen) atoms. The van der Waals surface area contributed by atoms with E-state index >= 15 is 0 Å². The summed E-state index contributed by atoms with van der Waals surface area (Å²) in [6.07, 6.45) is 4.77. The second kappa shape index (κ2) is 6.38. The average molecular weight is 454 g/mol. The first kappa shape index (κ1) is 17.8. The topological polar surface area (TPSA) is 40.5 Å². The molecule has 0 radical (unpaired) electrons. The molecule has 0 aromatic heterocycles. The lowest BCUT2D eigenvalue weighted by Crippen LogP contribution is -2.00. The van der Waals surface area contributed by atoms with E-state index in [1.54, 1.807) is 6.07 Å². The van der Waals surface area contributed by atoms with E-state index in [1.165, 1.54) is 25.7 Å². The number of phenols is 2. The summed E-state index contributed by atoms with van der Waals surface area (Å²) in [6.45, 7) is 4.38. The maximum absolute atomic E-state index is 9.83. The van der Waals surface area contributed by atoms with Crippen LogP contribution in [0.4, 0.5) is 0 Å². The van der Waals surface area contributed by atoms with Gasteiger partial charge < -0.3 is 10.2 Å². The summed E-state index contributed by atoms with van der Waals surface area (Å²) in [5, 5.41) is 19.3. The molecular formula is C20H22Br2O2. The highest BCUT2D eigenvalue weighted by atomic mass is 79.9. The van der Waals surface area contributed by atoms with Crippen molar-refractivity contribution in [3.05, 3.63) is 56.5 Å². The molecule has 0 heterocycles. The third kappa shape index (κ3) is 3.65. The van der Waals surface area contributed by atoms with E-state index in [0.717, 1.165) is 20.1 Å². The number of benzene rings is 2. The Hall–Kier alpha value is -1.00. The minimum absolute atomic E-state index is 0.205. The van der Waals surface area contributed by atoms with Crippen LogP contribution in [0, 0.1) is 0 Å². The molecule has 2 fully saturated rings. The smallest absolute Gasteiger partial charge is 0.133 e. The molecule has 2 aromatic carbocycles. The fourth-order valence-electron chi connectivity index (χ4n) is 2.92. The second-order valence-electron chi connectivity index (χ2n) is 7.42. The Balaban J connectivity index is 0.000000143. The van der Waals surface area contributed by atoms with E-state index in [-0.39, 0.29) is 10.8 Å². The van der Waals surface area contributed by atoms with Gasteiger partial charge >= 0.3 is 0 Å². The van der Waals surface area contributed by atoms with E-state index in [1.807, 2.05) is 30.3 Å². The van der Waals surface area contributed by atoms with Gasteiger partial charge in [0.2, 0.25) is 0 Å². The Bertz CT molecular complexity index is 762. The molecule has 4 rings (SSSR count). The van der Waals surface area contributed by atoms with Crippen molar-refractivity contribution in [3.63, 3.8) is 0 Å². The summed E-state index contributed by atoms with van der Waals surface area (Å²) < 4.78 is 1.78. The summed E-state index contributed by atoms with van der Waals surface area (Å²) in [4.78, 5) is 0. The molecule has 0 unspecified atom stereocenters. The Kier molecular flexibility index (Phi) is 4.73. The van der Waals surface area contributed by atoms with Gasteiger partial charge in [0.25, 0.3) is 0 Å². The Labute approximate surface area is 160 Å². The number of aromatic hydroxyl groups is 2. The number of hydrogen-bond donors (Lipinski definition) is 2. The van der Waals surface area contributed by atoms with Crippen LogP contribution in [0.2, 0.25) is 0 Å². The van der Waals surface area contributed by atoms with Crippen molar-refractivity contribution in [2.45, 2.75) is 50.4 Å². The van der Waals surface area contributed by atoms with E-state index in [4.69, 9.17) is 0 Å². The molecular weight excluding hydrogens is 432 g/mol. The Morgan fingerprint density at radius 1 is 0.833 bits per heavy atom. The third-order valence-corrected chi connectivity index (χ3v) is 6.30. The summed E-state index contributed by atoms with van der Waals surface area (Å²) in [5.41, 5.74) is 2.65. The van der Waals surface area contributed by atoms with Crippen LogP contribution in [0.3, 0.4) is 0 Å². The van der Waals surface area contributed by atoms with Crippen molar-refractivity contribution in [1.29, 1.82) is 0 Å². The highest BCUT2D eigenvalue weighted by Crippen LogP contribution is 2.52. The average Bonchev–Trinajstić information content (AvgIpc) is 3.44. The summed E-state index contributed by atoms with van der Waals surface area (Å²) >= 11 is 6.76. The standard InChI is InChI=1S/C10H10Br2O.C10H12O/c1-10(2-3-10)7-4-6(11)5-8(12)9(7)13;1-10(6-7-10)8-4-2-3-5-9(8)11/h4-5,13H,2-3H2,1H3;2-5,11H,6-7H2,1H3. The van der Waals surface area contributed by atoms with Crippen molar-refractivity contribution < 1.29 is 10.2 Å². The van der Waals surface area contributed by atoms with Gasteiger partial charge in [-0.3, -0.25) is 0 Å². The van der Waals surface area contributed by atoms with Gasteiger partial charge in [-0.2, -0.15) is 0 Å². The largest absolute Gasteiger partial charge is 0.508 e. The van der Waals surface area contributed by atoms with Gasteiger partial charge in [-0.05, 0) is 76.2 Å². The summed E-state index contributed by atoms with van der Waals surface area (Å²) in [5.74, 6) is 0.843. The highest BCUT2D eigenvalue weighted by molar-refractivity contribution is 9.11. The number of para-hydroxylation sites is 1. The van der Waals surface area contributed by atoms with Gasteiger partial charge in [-0.15, -0.1) is 0 Å². The number of phenolic OH excluding ortho intramolecular Hbond substituents is 2. The fraction of sp³-hybridized carbons (Fsp3) is 0.400. The van der Waals surface area contributed by atoms with Crippen molar-refractivity contribution in [3.8, 4) is 11.5 Å². The van der Waals surface area contributed by atoms with Crippen LogP contribution in [0.15, 0.2) is 45.3 Å². The van der Waals surface area contributed by atoms with E-state index in [0.29, 0.717) is 11.5 Å². The number of rotatable bonds is 2. The first-order chi connectivity index (χ1) is 11.3.